The standard InChI is InChI=1S/C15H23NS/c1-13(15-8-9-15)16(10-11-17-2)12-14-6-4-3-5-7-14/h3-7,13,15H,8-12H2,1-2H3. The van der Waals surface area contributed by atoms with Gasteiger partial charge in [0.05, 0.1) is 0 Å². The van der Waals surface area contributed by atoms with Crippen LogP contribution >= 0.6 is 11.8 Å². The molecule has 1 aromatic rings. The summed E-state index contributed by atoms with van der Waals surface area (Å²) < 4.78 is 0. The highest BCUT2D eigenvalue weighted by molar-refractivity contribution is 7.98. The van der Waals surface area contributed by atoms with Gasteiger partial charge in [-0.15, -0.1) is 0 Å². The summed E-state index contributed by atoms with van der Waals surface area (Å²) in [7, 11) is 0. The molecule has 0 heterocycles. The van der Waals surface area contributed by atoms with E-state index in [1.807, 2.05) is 11.8 Å². The van der Waals surface area contributed by atoms with Crippen molar-refractivity contribution in [2.45, 2.75) is 32.4 Å². The summed E-state index contributed by atoms with van der Waals surface area (Å²) in [4.78, 5) is 2.66. The Kier molecular flexibility index (Phi) is 4.93. The Bertz CT molecular complexity index is 321. The summed E-state index contributed by atoms with van der Waals surface area (Å²) in [5, 5.41) is 0. The molecule has 1 fully saturated rings. The second-order valence-electron chi connectivity index (χ2n) is 5.03. The molecule has 0 amide bonds. The van der Waals surface area contributed by atoms with E-state index < -0.39 is 0 Å². The number of hydrogen-bond donors (Lipinski definition) is 0. The van der Waals surface area contributed by atoms with Crippen LogP contribution in [0.2, 0.25) is 0 Å². The maximum atomic E-state index is 2.66. The van der Waals surface area contributed by atoms with Crippen LogP contribution in [0.1, 0.15) is 25.3 Å². The van der Waals surface area contributed by atoms with Crippen molar-refractivity contribution in [3.63, 3.8) is 0 Å². The van der Waals surface area contributed by atoms with E-state index in [0.717, 1.165) is 18.5 Å². The van der Waals surface area contributed by atoms with Crippen molar-refractivity contribution in [2.75, 3.05) is 18.6 Å². The van der Waals surface area contributed by atoms with Gasteiger partial charge in [-0.1, -0.05) is 30.3 Å². The van der Waals surface area contributed by atoms with Crippen molar-refractivity contribution >= 4 is 11.8 Å². The predicted octanol–water partition coefficient (Wildman–Crippen LogP) is 3.65. The Morgan fingerprint density at radius 1 is 1.29 bits per heavy atom. The molecule has 1 unspecified atom stereocenters. The van der Waals surface area contributed by atoms with Gasteiger partial charge in [0, 0.05) is 24.9 Å². The van der Waals surface area contributed by atoms with Crippen molar-refractivity contribution in [2.24, 2.45) is 5.92 Å². The lowest BCUT2D eigenvalue weighted by atomic mass is 10.1. The van der Waals surface area contributed by atoms with E-state index in [2.05, 4.69) is 48.4 Å². The number of benzene rings is 1. The average molecular weight is 249 g/mol. The van der Waals surface area contributed by atoms with Crippen LogP contribution in [0.25, 0.3) is 0 Å². The van der Waals surface area contributed by atoms with Gasteiger partial charge in [0.1, 0.15) is 0 Å². The molecule has 0 bridgehead atoms. The topological polar surface area (TPSA) is 3.24 Å². The highest BCUT2D eigenvalue weighted by Gasteiger charge is 2.31. The highest BCUT2D eigenvalue weighted by atomic mass is 32.2. The first-order chi connectivity index (χ1) is 8.31. The number of rotatable bonds is 7. The first-order valence-corrected chi connectivity index (χ1v) is 7.97. The molecule has 2 rings (SSSR count). The third-order valence-electron chi connectivity index (χ3n) is 3.69. The van der Waals surface area contributed by atoms with Gasteiger partial charge in [-0.25, -0.2) is 0 Å². The summed E-state index contributed by atoms with van der Waals surface area (Å²) in [6.45, 7) is 4.73. The second kappa shape index (κ2) is 6.46. The highest BCUT2D eigenvalue weighted by Crippen LogP contribution is 2.35. The molecule has 17 heavy (non-hydrogen) atoms. The van der Waals surface area contributed by atoms with Gasteiger partial charge in [-0.3, -0.25) is 4.90 Å². The minimum Gasteiger partial charge on any atom is -0.295 e. The van der Waals surface area contributed by atoms with E-state index in [1.165, 1.54) is 30.7 Å². The lowest BCUT2D eigenvalue weighted by Gasteiger charge is -2.29. The van der Waals surface area contributed by atoms with E-state index in [0.29, 0.717) is 0 Å². The van der Waals surface area contributed by atoms with Crippen molar-refractivity contribution < 1.29 is 0 Å². The summed E-state index contributed by atoms with van der Waals surface area (Å²) in [6, 6.07) is 11.6. The molecule has 0 N–H and O–H groups in total. The Balaban J connectivity index is 1.94. The van der Waals surface area contributed by atoms with E-state index in [1.54, 1.807) is 0 Å². The van der Waals surface area contributed by atoms with Gasteiger partial charge < -0.3 is 0 Å². The van der Waals surface area contributed by atoms with Gasteiger partial charge in [0.2, 0.25) is 0 Å². The minimum atomic E-state index is 0.752. The van der Waals surface area contributed by atoms with E-state index >= 15 is 0 Å². The third-order valence-corrected chi connectivity index (χ3v) is 4.28. The van der Waals surface area contributed by atoms with Gasteiger partial charge in [-0.2, -0.15) is 11.8 Å². The molecule has 1 aliphatic rings. The SMILES string of the molecule is CSCCN(Cc1ccccc1)C(C)C1CC1. The molecular formula is C15H23NS. The zero-order chi connectivity index (χ0) is 12.1. The van der Waals surface area contributed by atoms with Crippen LogP contribution in [0, 0.1) is 5.92 Å². The molecule has 1 nitrogen and oxygen atoms in total. The van der Waals surface area contributed by atoms with Crippen LogP contribution in [0.15, 0.2) is 30.3 Å². The lowest BCUT2D eigenvalue weighted by molar-refractivity contribution is 0.193. The van der Waals surface area contributed by atoms with Gasteiger partial charge >= 0.3 is 0 Å². The van der Waals surface area contributed by atoms with Gasteiger partial charge in [0.25, 0.3) is 0 Å². The maximum Gasteiger partial charge on any atom is 0.0237 e. The molecule has 1 atom stereocenters. The Labute approximate surface area is 110 Å². The molecule has 1 aliphatic carbocycles. The Hall–Kier alpha value is -0.470. The van der Waals surface area contributed by atoms with Crippen LogP contribution in [-0.4, -0.2) is 29.5 Å². The first-order valence-electron chi connectivity index (χ1n) is 6.58. The molecule has 0 aromatic heterocycles. The number of thioether (sulfide) groups is 1. The van der Waals surface area contributed by atoms with Crippen molar-refractivity contribution in [3.05, 3.63) is 35.9 Å². The second-order valence-corrected chi connectivity index (χ2v) is 6.01. The fourth-order valence-electron chi connectivity index (χ4n) is 2.33. The number of nitrogens with zero attached hydrogens (tertiary/aromatic N) is 1. The Morgan fingerprint density at radius 2 is 2.00 bits per heavy atom. The predicted molar refractivity (Wildman–Crippen MR) is 77.4 cm³/mol. The molecule has 2 heteroatoms. The summed E-state index contributed by atoms with van der Waals surface area (Å²) in [5.41, 5.74) is 1.45. The van der Waals surface area contributed by atoms with Gasteiger partial charge in [-0.05, 0) is 37.5 Å². The third kappa shape index (κ3) is 4.04. The van der Waals surface area contributed by atoms with E-state index in [-0.39, 0.29) is 0 Å². The molecular weight excluding hydrogens is 226 g/mol. The largest absolute Gasteiger partial charge is 0.295 e. The van der Waals surface area contributed by atoms with Crippen LogP contribution in [0.4, 0.5) is 0 Å². The normalized spacial score (nSPS) is 17.4. The van der Waals surface area contributed by atoms with E-state index in [9.17, 15) is 0 Å². The monoisotopic (exact) mass is 249 g/mol. The molecule has 0 spiro atoms. The Morgan fingerprint density at radius 3 is 2.59 bits per heavy atom. The van der Waals surface area contributed by atoms with Crippen molar-refractivity contribution in [3.8, 4) is 0 Å². The van der Waals surface area contributed by atoms with Crippen LogP contribution < -0.4 is 0 Å². The van der Waals surface area contributed by atoms with Crippen LogP contribution in [0.3, 0.4) is 0 Å². The number of hydrogen-bond acceptors (Lipinski definition) is 2. The fourth-order valence-corrected chi connectivity index (χ4v) is 2.75. The van der Waals surface area contributed by atoms with Crippen LogP contribution in [-0.2, 0) is 6.54 Å². The van der Waals surface area contributed by atoms with Crippen LogP contribution in [0.5, 0.6) is 0 Å². The molecule has 94 valence electrons. The van der Waals surface area contributed by atoms with E-state index in [4.69, 9.17) is 0 Å². The lowest BCUT2D eigenvalue weighted by Crippen LogP contribution is -2.35. The molecule has 1 aromatic carbocycles. The maximum absolute atomic E-state index is 2.66. The molecule has 0 saturated heterocycles. The summed E-state index contributed by atoms with van der Waals surface area (Å²) >= 11 is 1.95. The summed E-state index contributed by atoms with van der Waals surface area (Å²) in [6.07, 6.45) is 5.07. The summed E-state index contributed by atoms with van der Waals surface area (Å²) in [5.74, 6) is 2.20. The quantitative estimate of drug-likeness (QED) is 0.725. The molecule has 0 radical (unpaired) electrons. The van der Waals surface area contributed by atoms with Crippen molar-refractivity contribution in [1.82, 2.24) is 4.90 Å². The van der Waals surface area contributed by atoms with Crippen molar-refractivity contribution in [1.29, 1.82) is 0 Å². The van der Waals surface area contributed by atoms with Gasteiger partial charge in [0.15, 0.2) is 0 Å². The zero-order valence-electron chi connectivity index (χ0n) is 10.9. The fraction of sp³-hybridized carbons (Fsp3) is 0.600. The smallest absolute Gasteiger partial charge is 0.0237 e. The zero-order valence-corrected chi connectivity index (χ0v) is 11.7. The molecule has 1 saturated carbocycles. The average Bonchev–Trinajstić information content (AvgIpc) is 3.19. The first kappa shape index (κ1) is 13.0. The molecule has 0 aliphatic heterocycles. The minimum absolute atomic E-state index is 0.752.